The molecule has 0 spiro atoms. The van der Waals surface area contributed by atoms with E-state index in [4.69, 9.17) is 37.6 Å². The standard InChI is InChI=1S/C32H38O16/c1-12-24(35)27(38)29(40)32(45-12)48-31-28(39)25(36)21(11-44-13(2)33)47-30(31)23-19(43-5)10-20-22(26(23)37)15(34)9-17(46-20)14-6-7-16(41-3)18(8-14)42-4/h6-10,12,21,24-25,27-32,35-40H,11H2,1-5H3. The summed E-state index contributed by atoms with van der Waals surface area (Å²) in [6, 6.07) is 7.32. The molecule has 16 heteroatoms. The molecule has 0 aliphatic carbocycles. The van der Waals surface area contributed by atoms with Crippen LogP contribution >= 0.6 is 0 Å². The average molecular weight is 679 g/mol. The summed E-state index contributed by atoms with van der Waals surface area (Å²) >= 11 is 0. The van der Waals surface area contributed by atoms with Crippen LogP contribution in [0.4, 0.5) is 0 Å². The predicted molar refractivity (Wildman–Crippen MR) is 163 cm³/mol. The largest absolute Gasteiger partial charge is 0.506 e. The van der Waals surface area contributed by atoms with Crippen LogP contribution in [-0.4, -0.2) is 120 Å². The molecule has 1 aromatic heterocycles. The molecule has 6 N–H and O–H groups in total. The molecule has 2 fully saturated rings. The molecule has 0 saturated carbocycles. The second kappa shape index (κ2) is 14.2. The Hall–Kier alpha value is -4.00. The second-order valence-corrected chi connectivity index (χ2v) is 11.4. The Labute approximate surface area is 273 Å². The lowest BCUT2D eigenvalue weighted by Crippen LogP contribution is -2.62. The van der Waals surface area contributed by atoms with E-state index in [-0.39, 0.29) is 28.0 Å². The predicted octanol–water partition coefficient (Wildman–Crippen LogP) is 0.129. The topological polar surface area (TPSA) is 233 Å². The van der Waals surface area contributed by atoms with E-state index in [9.17, 15) is 40.2 Å². The average Bonchev–Trinajstić information content (AvgIpc) is 3.07. The van der Waals surface area contributed by atoms with Crippen LogP contribution in [-0.2, 0) is 23.7 Å². The van der Waals surface area contributed by atoms with Crippen LogP contribution in [0.2, 0.25) is 0 Å². The number of fused-ring (bicyclic) bond motifs is 1. The van der Waals surface area contributed by atoms with Crippen LogP contribution in [0.5, 0.6) is 23.0 Å². The van der Waals surface area contributed by atoms with E-state index in [1.807, 2.05) is 0 Å². The summed E-state index contributed by atoms with van der Waals surface area (Å²) in [5, 5.41) is 64.7. The number of aliphatic hydroxyl groups excluding tert-OH is 5. The lowest BCUT2D eigenvalue weighted by molar-refractivity contribution is -0.338. The maximum absolute atomic E-state index is 13.6. The first-order valence-corrected chi connectivity index (χ1v) is 14.9. The minimum Gasteiger partial charge on any atom is -0.506 e. The fourth-order valence-corrected chi connectivity index (χ4v) is 5.81. The van der Waals surface area contributed by atoms with Crippen molar-refractivity contribution in [1.82, 2.24) is 0 Å². The second-order valence-electron chi connectivity index (χ2n) is 11.4. The highest BCUT2D eigenvalue weighted by Gasteiger charge is 2.52. The number of ether oxygens (including phenoxy) is 7. The van der Waals surface area contributed by atoms with Gasteiger partial charge in [0.2, 0.25) is 0 Å². The van der Waals surface area contributed by atoms with E-state index in [0.717, 1.165) is 13.0 Å². The van der Waals surface area contributed by atoms with Crippen LogP contribution in [0.25, 0.3) is 22.3 Å². The Balaban J connectivity index is 1.62. The number of hydrogen-bond acceptors (Lipinski definition) is 16. The van der Waals surface area contributed by atoms with Crippen molar-refractivity contribution >= 4 is 16.9 Å². The van der Waals surface area contributed by atoms with Gasteiger partial charge in [-0.15, -0.1) is 0 Å². The van der Waals surface area contributed by atoms with Gasteiger partial charge in [0.1, 0.15) is 83.7 Å². The number of rotatable bonds is 9. The summed E-state index contributed by atoms with van der Waals surface area (Å²) in [5.74, 6) is -0.542. The zero-order valence-electron chi connectivity index (χ0n) is 26.6. The number of esters is 1. The highest BCUT2D eigenvalue weighted by Crippen LogP contribution is 2.47. The van der Waals surface area contributed by atoms with E-state index in [1.54, 1.807) is 18.2 Å². The summed E-state index contributed by atoms with van der Waals surface area (Å²) in [6.07, 6.45) is -15.9. The van der Waals surface area contributed by atoms with Gasteiger partial charge in [0.25, 0.3) is 0 Å². The van der Waals surface area contributed by atoms with Gasteiger partial charge in [0.05, 0.1) is 33.0 Å². The fraction of sp³-hybridized carbons (Fsp3) is 0.500. The van der Waals surface area contributed by atoms with Crippen LogP contribution < -0.4 is 19.6 Å². The number of aliphatic hydroxyl groups is 5. The minimum absolute atomic E-state index is 0.0901. The summed E-state index contributed by atoms with van der Waals surface area (Å²) in [5.41, 5.74) is -0.535. The van der Waals surface area contributed by atoms with Crippen LogP contribution in [0.1, 0.15) is 25.5 Å². The SMILES string of the molecule is COc1ccc(-c2cc(=O)c3c(O)c(C4OC(COC(C)=O)C(O)C(O)C4OC4OC(C)C(O)C(O)C4O)c(OC)cc3o2)cc1OC. The molecule has 10 atom stereocenters. The molecule has 48 heavy (non-hydrogen) atoms. The number of phenolic OH excluding ortho intramolecular Hbond substituents is 1. The Morgan fingerprint density at radius 2 is 1.52 bits per heavy atom. The van der Waals surface area contributed by atoms with Gasteiger partial charge in [0.15, 0.2) is 23.2 Å². The van der Waals surface area contributed by atoms with E-state index in [0.29, 0.717) is 17.1 Å². The Bertz CT molecular complexity index is 1690. The third-order valence-corrected chi connectivity index (χ3v) is 8.40. The molecule has 2 saturated heterocycles. The van der Waals surface area contributed by atoms with Crippen molar-refractivity contribution in [3.8, 4) is 34.3 Å². The summed E-state index contributed by atoms with van der Waals surface area (Å²) < 4.78 is 44.7. The van der Waals surface area contributed by atoms with Gasteiger partial charge in [-0.2, -0.15) is 0 Å². The lowest BCUT2D eigenvalue weighted by Gasteiger charge is -2.46. The number of methoxy groups -OCH3 is 3. The highest BCUT2D eigenvalue weighted by atomic mass is 16.7. The van der Waals surface area contributed by atoms with Crippen molar-refractivity contribution in [3.05, 3.63) is 46.1 Å². The van der Waals surface area contributed by atoms with Crippen LogP contribution in [0, 0.1) is 0 Å². The molecule has 2 aliphatic heterocycles. The fourth-order valence-electron chi connectivity index (χ4n) is 5.81. The quantitative estimate of drug-likeness (QED) is 0.165. The molecule has 2 aliphatic rings. The first kappa shape index (κ1) is 35.3. The van der Waals surface area contributed by atoms with Gasteiger partial charge >= 0.3 is 5.97 Å². The van der Waals surface area contributed by atoms with E-state index < -0.39 is 85.0 Å². The van der Waals surface area contributed by atoms with Crippen molar-refractivity contribution in [2.75, 3.05) is 27.9 Å². The molecule has 10 unspecified atom stereocenters. The minimum atomic E-state index is -1.84. The lowest BCUT2D eigenvalue weighted by atomic mass is 9.89. The molecular weight excluding hydrogens is 640 g/mol. The summed E-state index contributed by atoms with van der Waals surface area (Å²) in [4.78, 5) is 25.1. The van der Waals surface area contributed by atoms with Gasteiger partial charge in [-0.1, -0.05) is 0 Å². The third kappa shape index (κ3) is 6.53. The maximum atomic E-state index is 13.6. The van der Waals surface area contributed by atoms with Gasteiger partial charge < -0.3 is 68.2 Å². The third-order valence-electron chi connectivity index (χ3n) is 8.40. The number of hydrogen-bond donors (Lipinski definition) is 6. The molecule has 262 valence electrons. The monoisotopic (exact) mass is 678 g/mol. The highest BCUT2D eigenvalue weighted by molar-refractivity contribution is 5.88. The van der Waals surface area contributed by atoms with Crippen molar-refractivity contribution in [1.29, 1.82) is 0 Å². The maximum Gasteiger partial charge on any atom is 0.302 e. The summed E-state index contributed by atoms with van der Waals surface area (Å²) in [7, 11) is 4.18. The molecule has 3 aromatic rings. The molecule has 0 bridgehead atoms. The van der Waals surface area contributed by atoms with Gasteiger partial charge in [-0.3, -0.25) is 9.59 Å². The van der Waals surface area contributed by atoms with Gasteiger partial charge in [-0.25, -0.2) is 0 Å². The molecule has 3 heterocycles. The molecule has 0 amide bonds. The van der Waals surface area contributed by atoms with Crippen molar-refractivity contribution in [3.63, 3.8) is 0 Å². The molecule has 0 radical (unpaired) electrons. The van der Waals surface area contributed by atoms with E-state index in [2.05, 4.69) is 0 Å². The van der Waals surface area contributed by atoms with Crippen molar-refractivity contribution in [2.24, 2.45) is 0 Å². The Kier molecular flexibility index (Phi) is 10.5. The zero-order valence-corrected chi connectivity index (χ0v) is 26.6. The molecule has 5 rings (SSSR count). The number of aromatic hydroxyl groups is 1. The molecule has 2 aromatic carbocycles. The van der Waals surface area contributed by atoms with E-state index >= 15 is 0 Å². The first-order chi connectivity index (χ1) is 22.8. The Morgan fingerprint density at radius 1 is 0.833 bits per heavy atom. The number of carbonyl (C=O) groups is 1. The summed E-state index contributed by atoms with van der Waals surface area (Å²) in [6.45, 7) is 2.03. The van der Waals surface area contributed by atoms with Crippen LogP contribution in [0.15, 0.2) is 39.5 Å². The first-order valence-electron chi connectivity index (χ1n) is 14.9. The molecular formula is C32H38O16. The zero-order chi connectivity index (χ0) is 35.0. The smallest absolute Gasteiger partial charge is 0.302 e. The number of phenols is 1. The Morgan fingerprint density at radius 3 is 2.17 bits per heavy atom. The van der Waals surface area contributed by atoms with Crippen molar-refractivity contribution in [2.45, 2.75) is 75.1 Å². The van der Waals surface area contributed by atoms with Gasteiger partial charge in [-0.05, 0) is 25.1 Å². The van der Waals surface area contributed by atoms with Gasteiger partial charge in [0, 0.05) is 24.6 Å². The molecule has 16 nitrogen and oxygen atoms in total. The van der Waals surface area contributed by atoms with Crippen LogP contribution in [0.3, 0.4) is 0 Å². The van der Waals surface area contributed by atoms with Crippen molar-refractivity contribution < 1.29 is 73.0 Å². The van der Waals surface area contributed by atoms with E-state index in [1.165, 1.54) is 34.3 Å². The number of carbonyl (C=O) groups excluding carboxylic acids is 1. The normalized spacial score (nSPS) is 30.5. The number of benzene rings is 2.